The molecule has 2 nitrogen and oxygen atoms in total. The fraction of sp³-hybridized carbons (Fsp3) is 0.688. The molecule has 3 rings (SSSR count). The Labute approximate surface area is 132 Å². The van der Waals surface area contributed by atoms with E-state index in [2.05, 4.69) is 5.32 Å². The fourth-order valence-electron chi connectivity index (χ4n) is 3.57. The Bertz CT molecular complexity index is 552. The lowest BCUT2D eigenvalue weighted by Gasteiger charge is -2.31. The first-order chi connectivity index (χ1) is 10.4. The first-order valence-electron chi connectivity index (χ1n) is 7.92. The summed E-state index contributed by atoms with van der Waals surface area (Å²) in [4.78, 5) is 13.7. The van der Waals surface area contributed by atoms with Crippen LogP contribution in [0.25, 0.3) is 0 Å². The minimum atomic E-state index is -4.15. The molecule has 1 heterocycles. The number of hydrogen-bond acceptors (Lipinski definition) is 2. The van der Waals surface area contributed by atoms with Crippen LogP contribution in [0.4, 0.5) is 13.2 Å². The highest BCUT2D eigenvalue weighted by atomic mass is 32.1. The maximum absolute atomic E-state index is 12.8. The zero-order valence-electron chi connectivity index (χ0n) is 12.3. The first kappa shape index (κ1) is 15.8. The largest absolute Gasteiger partial charge is 0.391 e. The minimum absolute atomic E-state index is 0.0154. The molecule has 2 aliphatic rings. The predicted molar refractivity (Wildman–Crippen MR) is 80.2 cm³/mol. The topological polar surface area (TPSA) is 29.1 Å². The fourth-order valence-corrected chi connectivity index (χ4v) is 4.69. The third kappa shape index (κ3) is 3.31. The Morgan fingerprint density at radius 1 is 1.18 bits per heavy atom. The average molecular weight is 331 g/mol. The SMILES string of the molecule is O=C(N[C@@H]1CCC[C@H](C(F)(F)F)C1)c1csc2c1CCCC2. The number of halogens is 3. The molecule has 1 saturated carbocycles. The van der Waals surface area contributed by atoms with Crippen LogP contribution in [0.15, 0.2) is 5.38 Å². The summed E-state index contributed by atoms with van der Waals surface area (Å²) < 4.78 is 38.5. The number of carbonyl (C=O) groups is 1. The smallest absolute Gasteiger partial charge is 0.349 e. The van der Waals surface area contributed by atoms with Crippen molar-refractivity contribution in [1.82, 2.24) is 5.32 Å². The van der Waals surface area contributed by atoms with Gasteiger partial charge in [-0.25, -0.2) is 0 Å². The van der Waals surface area contributed by atoms with Crippen LogP contribution in [0.1, 0.15) is 59.3 Å². The standard InChI is InChI=1S/C16H20F3NOS/c17-16(18,19)10-4-3-5-11(8-10)20-15(21)13-9-22-14-7-2-1-6-12(13)14/h9-11H,1-8H2,(H,20,21)/t10-,11+/m0/s1. The molecule has 0 bridgehead atoms. The molecule has 1 amide bonds. The number of amides is 1. The van der Waals surface area contributed by atoms with Gasteiger partial charge in [-0.05, 0) is 50.5 Å². The summed E-state index contributed by atoms with van der Waals surface area (Å²) in [5.41, 5.74) is 1.81. The molecule has 6 heteroatoms. The molecule has 2 aliphatic carbocycles. The molecule has 0 saturated heterocycles. The molecule has 122 valence electrons. The number of rotatable bonds is 2. The summed E-state index contributed by atoms with van der Waals surface area (Å²) in [6.07, 6.45) is 1.40. The molecule has 1 aromatic rings. The minimum Gasteiger partial charge on any atom is -0.349 e. The maximum Gasteiger partial charge on any atom is 0.391 e. The van der Waals surface area contributed by atoms with Gasteiger partial charge in [-0.15, -0.1) is 11.3 Å². The molecular formula is C16H20F3NOS. The van der Waals surface area contributed by atoms with E-state index in [0.717, 1.165) is 31.2 Å². The lowest BCUT2D eigenvalue weighted by Crippen LogP contribution is -2.41. The lowest BCUT2D eigenvalue weighted by atomic mass is 9.85. The van der Waals surface area contributed by atoms with Gasteiger partial charge in [0.05, 0.1) is 11.5 Å². The van der Waals surface area contributed by atoms with Gasteiger partial charge in [-0.3, -0.25) is 4.79 Å². The van der Waals surface area contributed by atoms with E-state index in [0.29, 0.717) is 18.4 Å². The molecule has 0 spiro atoms. The zero-order valence-corrected chi connectivity index (χ0v) is 13.2. The van der Waals surface area contributed by atoms with Crippen LogP contribution < -0.4 is 5.32 Å². The van der Waals surface area contributed by atoms with Gasteiger partial charge in [0.1, 0.15) is 0 Å². The Morgan fingerprint density at radius 2 is 1.95 bits per heavy atom. The quantitative estimate of drug-likeness (QED) is 0.851. The second kappa shape index (κ2) is 6.22. The number of carbonyl (C=O) groups excluding carboxylic acids is 1. The van der Waals surface area contributed by atoms with Gasteiger partial charge in [0.15, 0.2) is 0 Å². The van der Waals surface area contributed by atoms with Gasteiger partial charge in [-0.2, -0.15) is 13.2 Å². The molecule has 2 atom stereocenters. The van der Waals surface area contributed by atoms with Crippen LogP contribution >= 0.6 is 11.3 Å². The van der Waals surface area contributed by atoms with Crippen molar-refractivity contribution in [2.24, 2.45) is 5.92 Å². The second-order valence-corrected chi connectivity index (χ2v) is 7.30. The number of hydrogen-bond donors (Lipinski definition) is 1. The van der Waals surface area contributed by atoms with E-state index in [1.807, 2.05) is 5.38 Å². The molecule has 1 fully saturated rings. The van der Waals surface area contributed by atoms with E-state index in [1.165, 1.54) is 4.88 Å². The van der Waals surface area contributed by atoms with Crippen molar-refractivity contribution in [3.63, 3.8) is 0 Å². The van der Waals surface area contributed by atoms with E-state index in [1.54, 1.807) is 11.3 Å². The summed E-state index contributed by atoms with van der Waals surface area (Å²) >= 11 is 1.61. The van der Waals surface area contributed by atoms with Crippen LogP contribution in [0.2, 0.25) is 0 Å². The van der Waals surface area contributed by atoms with Crippen molar-refractivity contribution in [3.05, 3.63) is 21.4 Å². The van der Waals surface area contributed by atoms with Crippen molar-refractivity contribution >= 4 is 17.2 Å². The van der Waals surface area contributed by atoms with Crippen LogP contribution in [0.3, 0.4) is 0 Å². The molecule has 1 aromatic heterocycles. The number of fused-ring (bicyclic) bond motifs is 1. The molecular weight excluding hydrogens is 311 g/mol. The van der Waals surface area contributed by atoms with Crippen LogP contribution in [-0.4, -0.2) is 18.1 Å². The summed E-state index contributed by atoms with van der Waals surface area (Å²) in [6.45, 7) is 0. The van der Waals surface area contributed by atoms with Crippen molar-refractivity contribution in [2.45, 2.75) is 63.6 Å². The van der Waals surface area contributed by atoms with E-state index >= 15 is 0 Å². The average Bonchev–Trinajstić information content (AvgIpc) is 2.90. The first-order valence-corrected chi connectivity index (χ1v) is 8.80. The molecule has 0 unspecified atom stereocenters. The van der Waals surface area contributed by atoms with Gasteiger partial charge < -0.3 is 5.32 Å². The predicted octanol–water partition coefficient (Wildman–Crippen LogP) is 4.48. The van der Waals surface area contributed by atoms with E-state index < -0.39 is 12.1 Å². The van der Waals surface area contributed by atoms with Gasteiger partial charge >= 0.3 is 6.18 Å². The highest BCUT2D eigenvalue weighted by Gasteiger charge is 2.42. The molecule has 0 aromatic carbocycles. The third-order valence-electron chi connectivity index (χ3n) is 4.78. The van der Waals surface area contributed by atoms with Crippen LogP contribution in [-0.2, 0) is 12.8 Å². The lowest BCUT2D eigenvalue weighted by molar-refractivity contribution is -0.183. The Morgan fingerprint density at radius 3 is 2.73 bits per heavy atom. The number of alkyl halides is 3. The van der Waals surface area contributed by atoms with Crippen LogP contribution in [0, 0.1) is 5.92 Å². The number of thiophene rings is 1. The van der Waals surface area contributed by atoms with Gasteiger partial charge in [0.2, 0.25) is 0 Å². The third-order valence-corrected chi connectivity index (χ3v) is 5.87. The van der Waals surface area contributed by atoms with E-state index in [4.69, 9.17) is 0 Å². The van der Waals surface area contributed by atoms with E-state index in [-0.39, 0.29) is 24.8 Å². The Hall–Kier alpha value is -1.04. The van der Waals surface area contributed by atoms with Crippen molar-refractivity contribution < 1.29 is 18.0 Å². The molecule has 1 N–H and O–H groups in total. The molecule has 22 heavy (non-hydrogen) atoms. The van der Waals surface area contributed by atoms with Crippen molar-refractivity contribution in [1.29, 1.82) is 0 Å². The number of nitrogens with one attached hydrogen (secondary N) is 1. The summed E-state index contributed by atoms with van der Waals surface area (Å²) in [5.74, 6) is -1.46. The molecule has 0 aliphatic heterocycles. The molecule has 0 radical (unpaired) electrons. The summed E-state index contributed by atoms with van der Waals surface area (Å²) in [6, 6.07) is -0.355. The monoisotopic (exact) mass is 331 g/mol. The summed E-state index contributed by atoms with van der Waals surface area (Å²) in [7, 11) is 0. The highest BCUT2D eigenvalue weighted by Crippen LogP contribution is 2.38. The second-order valence-electron chi connectivity index (χ2n) is 6.33. The Balaban J connectivity index is 1.65. The zero-order chi connectivity index (χ0) is 15.7. The van der Waals surface area contributed by atoms with Crippen molar-refractivity contribution in [2.75, 3.05) is 0 Å². The normalized spacial score (nSPS) is 25.6. The van der Waals surface area contributed by atoms with E-state index in [9.17, 15) is 18.0 Å². The van der Waals surface area contributed by atoms with Crippen molar-refractivity contribution in [3.8, 4) is 0 Å². The highest BCUT2D eigenvalue weighted by molar-refractivity contribution is 7.10. The van der Waals surface area contributed by atoms with Gasteiger partial charge in [-0.1, -0.05) is 6.42 Å². The van der Waals surface area contributed by atoms with Gasteiger partial charge in [0.25, 0.3) is 5.91 Å². The Kier molecular flexibility index (Phi) is 4.48. The van der Waals surface area contributed by atoms with Crippen LogP contribution in [0.5, 0.6) is 0 Å². The maximum atomic E-state index is 12.8. The number of aryl methyl sites for hydroxylation is 1. The van der Waals surface area contributed by atoms with Gasteiger partial charge in [0, 0.05) is 16.3 Å². The summed E-state index contributed by atoms with van der Waals surface area (Å²) in [5, 5.41) is 4.71.